The van der Waals surface area contributed by atoms with Gasteiger partial charge in [-0.3, -0.25) is 9.59 Å². The van der Waals surface area contributed by atoms with E-state index in [1.54, 1.807) is 12.1 Å². The van der Waals surface area contributed by atoms with Crippen LogP contribution in [0.1, 0.15) is 26.3 Å². The Balaban J connectivity index is 1.93. The molecule has 1 aliphatic carbocycles. The van der Waals surface area contributed by atoms with Crippen LogP contribution in [0.25, 0.3) is 0 Å². The monoisotopic (exact) mass is 263 g/mol. The molecule has 0 radical (unpaired) electrons. The number of nitrogens with one attached hydrogen (secondary N) is 1. The standard InChI is InChI=1S/C17H13NO2/c1-11-7-8-13-14(9-11)17(20)15(16(13)19)10-18-12-5-3-2-4-6-12/h2-10,18H,1H3/b15-10-. The van der Waals surface area contributed by atoms with Crippen molar-refractivity contribution in [3.05, 3.63) is 77.0 Å². The number of carbonyl (C=O) groups is 2. The van der Waals surface area contributed by atoms with Crippen molar-refractivity contribution in [3.63, 3.8) is 0 Å². The van der Waals surface area contributed by atoms with Gasteiger partial charge >= 0.3 is 0 Å². The van der Waals surface area contributed by atoms with E-state index in [0.717, 1.165) is 11.3 Å². The smallest absolute Gasteiger partial charge is 0.199 e. The topological polar surface area (TPSA) is 46.2 Å². The third-order valence-electron chi connectivity index (χ3n) is 3.31. The molecule has 3 nitrogen and oxygen atoms in total. The van der Waals surface area contributed by atoms with E-state index in [-0.39, 0.29) is 17.1 Å². The van der Waals surface area contributed by atoms with Crippen molar-refractivity contribution in [1.29, 1.82) is 0 Å². The summed E-state index contributed by atoms with van der Waals surface area (Å²) in [6.07, 6.45) is 1.50. The Hall–Kier alpha value is -2.68. The Morgan fingerprint density at radius 1 is 0.900 bits per heavy atom. The Labute approximate surface area is 116 Å². The van der Waals surface area contributed by atoms with E-state index in [2.05, 4.69) is 5.32 Å². The molecule has 3 rings (SSSR count). The van der Waals surface area contributed by atoms with Gasteiger partial charge in [0.2, 0.25) is 0 Å². The second kappa shape index (κ2) is 4.78. The average Bonchev–Trinajstić information content (AvgIpc) is 2.70. The molecular formula is C17H13NO2. The number of rotatable bonds is 2. The summed E-state index contributed by atoms with van der Waals surface area (Å²) in [5.41, 5.74) is 2.99. The van der Waals surface area contributed by atoms with Crippen LogP contribution in [-0.4, -0.2) is 11.6 Å². The molecule has 1 N–H and O–H groups in total. The summed E-state index contributed by atoms with van der Waals surface area (Å²) >= 11 is 0. The van der Waals surface area contributed by atoms with Crippen LogP contribution in [0.5, 0.6) is 0 Å². The van der Waals surface area contributed by atoms with Crippen LogP contribution in [-0.2, 0) is 0 Å². The highest BCUT2D eigenvalue weighted by Crippen LogP contribution is 2.27. The fourth-order valence-electron chi connectivity index (χ4n) is 2.26. The number of hydrogen-bond acceptors (Lipinski definition) is 3. The second-order valence-corrected chi connectivity index (χ2v) is 4.78. The summed E-state index contributed by atoms with van der Waals surface area (Å²) in [5.74, 6) is -0.425. The van der Waals surface area contributed by atoms with Crippen LogP contribution >= 0.6 is 0 Å². The maximum absolute atomic E-state index is 12.3. The second-order valence-electron chi connectivity index (χ2n) is 4.78. The molecule has 0 saturated heterocycles. The van der Waals surface area contributed by atoms with Gasteiger partial charge in [0.05, 0.1) is 5.57 Å². The molecule has 0 spiro atoms. The molecule has 0 unspecified atom stereocenters. The highest BCUT2D eigenvalue weighted by Gasteiger charge is 2.32. The molecule has 0 aliphatic heterocycles. The lowest BCUT2D eigenvalue weighted by Gasteiger charge is -2.00. The first-order chi connectivity index (χ1) is 9.66. The molecule has 2 aromatic carbocycles. The third kappa shape index (κ3) is 2.03. The lowest BCUT2D eigenvalue weighted by Crippen LogP contribution is -2.03. The molecule has 0 heterocycles. The van der Waals surface area contributed by atoms with Gasteiger partial charge in [0.15, 0.2) is 11.6 Å². The molecule has 0 bridgehead atoms. The number of hydrogen-bond donors (Lipinski definition) is 1. The fourth-order valence-corrected chi connectivity index (χ4v) is 2.26. The zero-order valence-electron chi connectivity index (χ0n) is 11.0. The van der Waals surface area contributed by atoms with Crippen molar-refractivity contribution < 1.29 is 9.59 Å². The fraction of sp³-hybridized carbons (Fsp3) is 0.0588. The minimum absolute atomic E-state index is 0.189. The SMILES string of the molecule is Cc1ccc2c(c1)C(=O)/C(=C\Nc1ccccc1)C2=O. The summed E-state index contributed by atoms with van der Waals surface area (Å²) in [6.45, 7) is 1.90. The molecule has 0 amide bonds. The average molecular weight is 263 g/mol. The quantitative estimate of drug-likeness (QED) is 0.667. The first-order valence-electron chi connectivity index (χ1n) is 6.38. The largest absolute Gasteiger partial charge is 0.361 e. The Morgan fingerprint density at radius 2 is 1.60 bits per heavy atom. The molecule has 0 saturated carbocycles. The number of ketones is 2. The van der Waals surface area contributed by atoms with E-state index in [9.17, 15) is 9.59 Å². The summed E-state index contributed by atoms with van der Waals surface area (Å²) in [7, 11) is 0. The zero-order valence-corrected chi connectivity index (χ0v) is 11.0. The van der Waals surface area contributed by atoms with E-state index in [1.165, 1.54) is 6.20 Å². The summed E-state index contributed by atoms with van der Waals surface area (Å²) < 4.78 is 0. The first-order valence-corrected chi connectivity index (χ1v) is 6.38. The van der Waals surface area contributed by atoms with Crippen LogP contribution in [0.15, 0.2) is 60.3 Å². The van der Waals surface area contributed by atoms with Gasteiger partial charge in [0.25, 0.3) is 0 Å². The molecule has 98 valence electrons. The molecular weight excluding hydrogens is 250 g/mol. The minimum Gasteiger partial charge on any atom is -0.361 e. The first kappa shape index (κ1) is 12.4. The third-order valence-corrected chi connectivity index (χ3v) is 3.31. The number of Topliss-reactive ketones (excluding diaryl/α,β-unsaturated/α-hetero) is 2. The number of para-hydroxylation sites is 1. The molecule has 3 heteroatoms. The lowest BCUT2D eigenvalue weighted by atomic mass is 10.1. The van der Waals surface area contributed by atoms with Crippen molar-refractivity contribution in [2.75, 3.05) is 5.32 Å². The number of benzene rings is 2. The molecule has 0 aromatic heterocycles. The number of allylic oxidation sites excluding steroid dienone is 1. The summed E-state index contributed by atoms with van der Waals surface area (Å²) in [6, 6.07) is 14.7. The molecule has 2 aromatic rings. The van der Waals surface area contributed by atoms with Crippen molar-refractivity contribution in [3.8, 4) is 0 Å². The minimum atomic E-state index is -0.214. The maximum atomic E-state index is 12.3. The Kier molecular flexibility index (Phi) is 2.95. The van der Waals surface area contributed by atoms with E-state index in [1.807, 2.05) is 43.3 Å². The van der Waals surface area contributed by atoms with Gasteiger partial charge < -0.3 is 5.32 Å². The number of aryl methyl sites for hydroxylation is 1. The van der Waals surface area contributed by atoms with Crippen LogP contribution in [0, 0.1) is 6.92 Å². The summed E-state index contributed by atoms with van der Waals surface area (Å²) in [4.78, 5) is 24.5. The number of carbonyl (C=O) groups excluding carboxylic acids is 2. The number of anilines is 1. The molecule has 0 fully saturated rings. The summed E-state index contributed by atoms with van der Waals surface area (Å²) in [5, 5.41) is 2.99. The lowest BCUT2D eigenvalue weighted by molar-refractivity contribution is 0.0988. The Morgan fingerprint density at radius 3 is 2.35 bits per heavy atom. The van der Waals surface area contributed by atoms with Gasteiger partial charge in [-0.2, -0.15) is 0 Å². The van der Waals surface area contributed by atoms with Gasteiger partial charge in [-0.05, 0) is 25.1 Å². The number of fused-ring (bicyclic) bond motifs is 1. The van der Waals surface area contributed by atoms with Crippen LogP contribution in [0.3, 0.4) is 0 Å². The van der Waals surface area contributed by atoms with Crippen molar-refractivity contribution in [1.82, 2.24) is 0 Å². The van der Waals surface area contributed by atoms with Crippen molar-refractivity contribution in [2.45, 2.75) is 6.92 Å². The molecule has 0 atom stereocenters. The van der Waals surface area contributed by atoms with Crippen LogP contribution in [0.2, 0.25) is 0 Å². The van der Waals surface area contributed by atoms with Gasteiger partial charge in [-0.15, -0.1) is 0 Å². The highest BCUT2D eigenvalue weighted by atomic mass is 16.2. The van der Waals surface area contributed by atoms with Gasteiger partial charge in [-0.1, -0.05) is 35.9 Å². The van der Waals surface area contributed by atoms with Gasteiger partial charge in [-0.25, -0.2) is 0 Å². The maximum Gasteiger partial charge on any atom is 0.199 e. The van der Waals surface area contributed by atoms with E-state index in [0.29, 0.717) is 11.1 Å². The zero-order chi connectivity index (χ0) is 14.1. The molecule has 20 heavy (non-hydrogen) atoms. The van der Waals surface area contributed by atoms with E-state index >= 15 is 0 Å². The Bertz CT molecular complexity index is 730. The highest BCUT2D eigenvalue weighted by molar-refractivity contribution is 6.39. The predicted molar refractivity (Wildman–Crippen MR) is 78.0 cm³/mol. The van der Waals surface area contributed by atoms with E-state index < -0.39 is 0 Å². The normalized spacial score (nSPS) is 15.6. The predicted octanol–water partition coefficient (Wildman–Crippen LogP) is 3.37. The molecule has 1 aliphatic rings. The van der Waals surface area contributed by atoms with Gasteiger partial charge in [0.1, 0.15) is 0 Å². The van der Waals surface area contributed by atoms with Crippen molar-refractivity contribution >= 4 is 17.3 Å². The van der Waals surface area contributed by atoms with Crippen LogP contribution in [0.4, 0.5) is 5.69 Å². The van der Waals surface area contributed by atoms with Crippen LogP contribution < -0.4 is 5.32 Å². The van der Waals surface area contributed by atoms with E-state index in [4.69, 9.17) is 0 Å². The van der Waals surface area contributed by atoms with Gasteiger partial charge in [0, 0.05) is 23.0 Å². The van der Waals surface area contributed by atoms with Crippen molar-refractivity contribution in [2.24, 2.45) is 0 Å².